The van der Waals surface area contributed by atoms with Crippen LogP contribution in [0.1, 0.15) is 12.8 Å². The number of nitrogens with zero attached hydrogens (tertiary/aromatic N) is 4. The predicted molar refractivity (Wildman–Crippen MR) is 87.7 cm³/mol. The summed E-state index contributed by atoms with van der Waals surface area (Å²) in [5, 5.41) is 11.1. The quantitative estimate of drug-likeness (QED) is 0.447. The number of hydrogen-bond acceptors (Lipinski definition) is 6. The Bertz CT molecular complexity index is 687. The Morgan fingerprint density at radius 2 is 1.68 bits per heavy atom. The monoisotopic (exact) mass is 350 g/mol. The van der Waals surface area contributed by atoms with Crippen molar-refractivity contribution in [1.82, 2.24) is 9.80 Å². The highest BCUT2D eigenvalue weighted by atomic mass is 19.1. The van der Waals surface area contributed by atoms with Crippen LogP contribution >= 0.6 is 0 Å². The zero-order valence-electron chi connectivity index (χ0n) is 13.7. The molecule has 9 heteroatoms. The van der Waals surface area contributed by atoms with Gasteiger partial charge in [-0.2, -0.15) is 0 Å². The van der Waals surface area contributed by atoms with Crippen LogP contribution in [-0.4, -0.2) is 65.8 Å². The van der Waals surface area contributed by atoms with E-state index in [0.29, 0.717) is 57.8 Å². The fraction of sp³-hybridized carbons (Fsp3) is 0.500. The van der Waals surface area contributed by atoms with E-state index in [4.69, 9.17) is 0 Å². The van der Waals surface area contributed by atoms with Gasteiger partial charge in [0.25, 0.3) is 5.69 Å². The molecule has 0 aliphatic carbocycles. The van der Waals surface area contributed by atoms with Gasteiger partial charge in [-0.15, -0.1) is 0 Å². The smallest absolute Gasteiger partial charge is 0.295 e. The average molecular weight is 350 g/mol. The summed E-state index contributed by atoms with van der Waals surface area (Å²) in [5.41, 5.74) is 0.178. The van der Waals surface area contributed by atoms with Gasteiger partial charge < -0.3 is 4.90 Å². The van der Waals surface area contributed by atoms with Crippen LogP contribution < -0.4 is 4.90 Å². The number of halogens is 1. The number of likely N-dealkylation sites (tertiary alicyclic amines) is 1. The van der Waals surface area contributed by atoms with E-state index in [-0.39, 0.29) is 17.5 Å². The lowest BCUT2D eigenvalue weighted by molar-refractivity contribution is -0.384. The molecule has 1 aromatic rings. The Labute approximate surface area is 143 Å². The number of piperazine rings is 1. The number of carbonyl (C=O) groups excluding carboxylic acids is 2. The molecule has 0 unspecified atom stereocenters. The van der Waals surface area contributed by atoms with E-state index in [2.05, 4.69) is 4.90 Å². The van der Waals surface area contributed by atoms with Crippen molar-refractivity contribution in [3.05, 3.63) is 34.1 Å². The van der Waals surface area contributed by atoms with Crippen molar-refractivity contribution in [2.45, 2.75) is 12.8 Å². The minimum absolute atomic E-state index is 0.120. The van der Waals surface area contributed by atoms with Gasteiger partial charge in [0.15, 0.2) is 0 Å². The molecule has 0 spiro atoms. The lowest BCUT2D eigenvalue weighted by atomic mass is 10.2. The van der Waals surface area contributed by atoms with Crippen molar-refractivity contribution in [2.75, 3.05) is 44.2 Å². The van der Waals surface area contributed by atoms with E-state index in [1.165, 1.54) is 17.0 Å². The third-order valence-electron chi connectivity index (χ3n) is 4.64. The molecule has 2 aliphatic heterocycles. The Morgan fingerprint density at radius 3 is 2.28 bits per heavy atom. The maximum atomic E-state index is 13.3. The third-order valence-corrected chi connectivity index (χ3v) is 4.64. The summed E-state index contributed by atoms with van der Waals surface area (Å²) in [6.07, 6.45) is 0.585. The Hall–Kier alpha value is -2.55. The highest BCUT2D eigenvalue weighted by Gasteiger charge is 2.29. The molecular weight excluding hydrogens is 331 g/mol. The molecule has 134 valence electrons. The highest BCUT2D eigenvalue weighted by molar-refractivity contribution is 6.01. The van der Waals surface area contributed by atoms with Gasteiger partial charge in [-0.1, -0.05) is 0 Å². The summed E-state index contributed by atoms with van der Waals surface area (Å²) in [6.45, 7) is 3.42. The summed E-state index contributed by atoms with van der Waals surface area (Å²) in [7, 11) is 0. The minimum atomic E-state index is -0.631. The highest BCUT2D eigenvalue weighted by Crippen LogP contribution is 2.29. The van der Waals surface area contributed by atoms with Crippen LogP contribution in [0.5, 0.6) is 0 Å². The first-order valence-electron chi connectivity index (χ1n) is 8.20. The van der Waals surface area contributed by atoms with E-state index in [0.717, 1.165) is 6.07 Å². The van der Waals surface area contributed by atoms with Crippen molar-refractivity contribution < 1.29 is 18.9 Å². The summed E-state index contributed by atoms with van der Waals surface area (Å²) in [4.78, 5) is 39.0. The molecule has 25 heavy (non-hydrogen) atoms. The van der Waals surface area contributed by atoms with Crippen LogP contribution in [0.15, 0.2) is 18.2 Å². The van der Waals surface area contributed by atoms with Crippen LogP contribution in [0.3, 0.4) is 0 Å². The Morgan fingerprint density at radius 1 is 1.04 bits per heavy atom. The molecule has 2 aliphatic rings. The third kappa shape index (κ3) is 3.76. The van der Waals surface area contributed by atoms with Crippen molar-refractivity contribution >= 4 is 23.2 Å². The van der Waals surface area contributed by atoms with E-state index in [1.54, 1.807) is 0 Å². The van der Waals surface area contributed by atoms with Gasteiger partial charge in [0.1, 0.15) is 11.5 Å². The molecule has 2 saturated heterocycles. The zero-order chi connectivity index (χ0) is 18.0. The molecule has 0 aromatic heterocycles. The van der Waals surface area contributed by atoms with Crippen molar-refractivity contribution in [2.24, 2.45) is 0 Å². The van der Waals surface area contributed by atoms with Gasteiger partial charge in [0, 0.05) is 52.1 Å². The van der Waals surface area contributed by atoms with E-state index in [9.17, 15) is 24.1 Å². The molecule has 0 N–H and O–H groups in total. The number of nitro groups is 1. The molecule has 0 radical (unpaired) electrons. The van der Waals surface area contributed by atoms with Crippen LogP contribution in [0, 0.1) is 15.9 Å². The van der Waals surface area contributed by atoms with Gasteiger partial charge >= 0.3 is 0 Å². The van der Waals surface area contributed by atoms with Crippen LogP contribution in [-0.2, 0) is 9.59 Å². The molecule has 2 amide bonds. The number of hydrogen-bond donors (Lipinski definition) is 0. The van der Waals surface area contributed by atoms with Crippen molar-refractivity contribution in [3.63, 3.8) is 0 Å². The second kappa shape index (κ2) is 7.14. The number of nitro benzene ring substituents is 1. The normalized spacial score (nSPS) is 18.9. The standard InChI is InChI=1S/C16H19FN4O4/c17-12-1-2-13(14(11-12)21(24)25)19-8-5-18(6-9-19)7-10-20-15(22)3-4-16(20)23/h1-2,11H,3-10H2. The van der Waals surface area contributed by atoms with Gasteiger partial charge in [0.2, 0.25) is 11.8 Å². The first-order chi connectivity index (χ1) is 12.0. The molecule has 1 aromatic carbocycles. The molecule has 0 atom stereocenters. The predicted octanol–water partition coefficient (Wildman–Crippen LogP) is 1.00. The summed E-state index contributed by atoms with van der Waals surface area (Å²) < 4.78 is 13.3. The SMILES string of the molecule is O=C1CCC(=O)N1CCN1CCN(c2ccc(F)cc2[N+](=O)[O-])CC1. The van der Waals surface area contributed by atoms with E-state index >= 15 is 0 Å². The topological polar surface area (TPSA) is 87.0 Å². The fourth-order valence-electron chi connectivity index (χ4n) is 3.24. The summed E-state index contributed by atoms with van der Waals surface area (Å²) in [5.74, 6) is -0.870. The molecule has 2 fully saturated rings. The minimum Gasteiger partial charge on any atom is -0.363 e. The number of carbonyl (C=O) groups is 2. The van der Waals surface area contributed by atoms with Gasteiger partial charge in [-0.05, 0) is 12.1 Å². The van der Waals surface area contributed by atoms with Crippen LogP contribution in [0.2, 0.25) is 0 Å². The van der Waals surface area contributed by atoms with Crippen molar-refractivity contribution in [3.8, 4) is 0 Å². The van der Waals surface area contributed by atoms with Crippen LogP contribution in [0.25, 0.3) is 0 Å². The van der Waals surface area contributed by atoms with E-state index in [1.807, 2.05) is 4.90 Å². The average Bonchev–Trinajstić information content (AvgIpc) is 2.92. The maximum absolute atomic E-state index is 13.3. The number of amides is 2. The van der Waals surface area contributed by atoms with Gasteiger partial charge in [-0.25, -0.2) is 4.39 Å². The maximum Gasteiger partial charge on any atom is 0.295 e. The molecule has 0 bridgehead atoms. The van der Waals surface area contributed by atoms with E-state index < -0.39 is 10.7 Å². The Balaban J connectivity index is 1.56. The fourth-order valence-corrected chi connectivity index (χ4v) is 3.24. The Kier molecular flexibility index (Phi) is 4.93. The number of imide groups is 1. The second-order valence-corrected chi connectivity index (χ2v) is 6.16. The lowest BCUT2D eigenvalue weighted by Gasteiger charge is -2.36. The molecule has 2 heterocycles. The molecular formula is C16H19FN4O4. The van der Waals surface area contributed by atoms with Gasteiger partial charge in [0.05, 0.1) is 11.0 Å². The first kappa shape index (κ1) is 17.3. The number of rotatable bonds is 5. The molecule has 3 rings (SSSR count). The second-order valence-electron chi connectivity index (χ2n) is 6.16. The number of anilines is 1. The summed E-state index contributed by atoms with van der Waals surface area (Å²) >= 11 is 0. The number of benzene rings is 1. The summed E-state index contributed by atoms with van der Waals surface area (Å²) in [6, 6.07) is 3.59. The molecule has 8 nitrogen and oxygen atoms in total. The first-order valence-corrected chi connectivity index (χ1v) is 8.20. The van der Waals surface area contributed by atoms with Crippen LogP contribution in [0.4, 0.5) is 15.8 Å². The lowest BCUT2D eigenvalue weighted by Crippen LogP contribution is -2.49. The zero-order valence-corrected chi connectivity index (χ0v) is 13.7. The largest absolute Gasteiger partial charge is 0.363 e. The molecule has 0 saturated carbocycles. The van der Waals surface area contributed by atoms with Crippen molar-refractivity contribution in [1.29, 1.82) is 0 Å². The van der Waals surface area contributed by atoms with Gasteiger partial charge in [-0.3, -0.25) is 29.5 Å².